The number of phenols is 2. The highest BCUT2D eigenvalue weighted by Crippen LogP contribution is 2.44. The minimum absolute atomic E-state index is 0.151. The molecule has 0 fully saturated rings. The summed E-state index contributed by atoms with van der Waals surface area (Å²) >= 11 is 0. The summed E-state index contributed by atoms with van der Waals surface area (Å²) < 4.78 is 22.8. The molecule has 4 rings (SSSR count). The van der Waals surface area contributed by atoms with Crippen LogP contribution in [0.4, 0.5) is 0 Å². The van der Waals surface area contributed by atoms with E-state index in [1.807, 2.05) is 60.7 Å². The highest BCUT2D eigenvalue weighted by molar-refractivity contribution is 7.53. The molecule has 5 nitrogen and oxygen atoms in total. The third kappa shape index (κ3) is 7.16. The van der Waals surface area contributed by atoms with E-state index in [0.717, 1.165) is 11.1 Å². The van der Waals surface area contributed by atoms with Crippen LogP contribution in [0.1, 0.15) is 25.0 Å². The first kappa shape index (κ1) is 24.9. The fraction of sp³-hybridized carbons (Fsp3) is 0.143. The molecule has 0 bridgehead atoms. The second kappa shape index (κ2) is 11.0. The van der Waals surface area contributed by atoms with Gasteiger partial charge in [-0.1, -0.05) is 74.5 Å². The summed E-state index contributed by atoms with van der Waals surface area (Å²) in [5.74, 6) is 1.62. The smallest absolute Gasteiger partial charge is 0.427 e. The van der Waals surface area contributed by atoms with Crippen LogP contribution in [-0.2, 0) is 9.98 Å². The predicted molar refractivity (Wildman–Crippen MR) is 136 cm³/mol. The van der Waals surface area contributed by atoms with E-state index in [4.69, 9.17) is 9.05 Å². The monoisotopic (exact) mass is 476 g/mol. The Bertz CT molecular complexity index is 1110. The molecule has 2 N–H and O–H groups in total. The van der Waals surface area contributed by atoms with E-state index < -0.39 is 7.60 Å². The number of phenolic OH excluding ortho intramolecular Hbond substituents is 2. The van der Waals surface area contributed by atoms with E-state index >= 15 is 0 Å². The topological polar surface area (TPSA) is 76.0 Å². The second-order valence-corrected chi connectivity index (χ2v) is 10.2. The van der Waals surface area contributed by atoms with Gasteiger partial charge in [-0.15, -0.1) is 0 Å². The number of rotatable bonds is 6. The molecule has 0 aliphatic carbocycles. The van der Waals surface area contributed by atoms with Gasteiger partial charge in [0.1, 0.15) is 23.0 Å². The van der Waals surface area contributed by atoms with Gasteiger partial charge in [0, 0.05) is 5.41 Å². The lowest BCUT2D eigenvalue weighted by molar-refractivity contribution is 0.393. The first-order valence-corrected chi connectivity index (χ1v) is 12.8. The molecule has 0 saturated carbocycles. The standard InChI is InChI=1S/C15H16O2.C13H13O3P/c1-15(2,11-3-7-13(16)8-4-11)12-5-9-14(17)10-6-12;1-17(14,15-12-8-4-2-5-9-12)16-13-10-6-3-7-11-13/h3-10,16-17H,1-2H3;2-11H,1H3. The minimum Gasteiger partial charge on any atom is -0.508 e. The second-order valence-electron chi connectivity index (χ2n) is 8.30. The van der Waals surface area contributed by atoms with Gasteiger partial charge in [-0.3, -0.25) is 0 Å². The Kier molecular flexibility index (Phi) is 8.04. The summed E-state index contributed by atoms with van der Waals surface area (Å²) in [6, 6.07) is 32.4. The van der Waals surface area contributed by atoms with E-state index in [-0.39, 0.29) is 16.9 Å². The Hall–Kier alpha value is -3.69. The molecule has 6 heteroatoms. The highest BCUT2D eigenvalue weighted by atomic mass is 31.2. The van der Waals surface area contributed by atoms with Crippen molar-refractivity contribution in [3.05, 3.63) is 120 Å². The van der Waals surface area contributed by atoms with Crippen molar-refractivity contribution in [2.75, 3.05) is 6.66 Å². The van der Waals surface area contributed by atoms with Crippen LogP contribution in [-0.4, -0.2) is 16.9 Å². The van der Waals surface area contributed by atoms with Gasteiger partial charge in [0.25, 0.3) is 0 Å². The number of benzene rings is 4. The molecule has 4 aromatic carbocycles. The number of aromatic hydroxyl groups is 2. The summed E-state index contributed by atoms with van der Waals surface area (Å²) in [7, 11) is -3.14. The fourth-order valence-corrected chi connectivity index (χ4v) is 4.33. The number of hydrogen-bond donors (Lipinski definition) is 2. The van der Waals surface area contributed by atoms with Crippen molar-refractivity contribution < 1.29 is 23.8 Å². The summed E-state index contributed by atoms with van der Waals surface area (Å²) in [5.41, 5.74) is 2.10. The summed E-state index contributed by atoms with van der Waals surface area (Å²) in [4.78, 5) is 0. The first-order chi connectivity index (χ1) is 16.2. The van der Waals surface area contributed by atoms with Crippen LogP contribution < -0.4 is 9.05 Å². The molecule has 0 aliphatic rings. The van der Waals surface area contributed by atoms with E-state index in [9.17, 15) is 14.8 Å². The van der Waals surface area contributed by atoms with Crippen LogP contribution >= 0.6 is 7.60 Å². The molecule has 0 heterocycles. The van der Waals surface area contributed by atoms with Gasteiger partial charge < -0.3 is 19.3 Å². The zero-order valence-corrected chi connectivity index (χ0v) is 20.4. The zero-order chi connectivity index (χ0) is 24.6. The zero-order valence-electron chi connectivity index (χ0n) is 19.5. The maximum atomic E-state index is 12.1. The van der Waals surface area contributed by atoms with Crippen LogP contribution in [0.3, 0.4) is 0 Å². The maximum absolute atomic E-state index is 12.1. The molecule has 176 valence electrons. The fourth-order valence-electron chi connectivity index (χ4n) is 3.29. The largest absolute Gasteiger partial charge is 0.508 e. The van der Waals surface area contributed by atoms with Crippen molar-refractivity contribution in [1.29, 1.82) is 0 Å². The average Bonchev–Trinajstić information content (AvgIpc) is 2.81. The van der Waals surface area contributed by atoms with Crippen molar-refractivity contribution in [1.82, 2.24) is 0 Å². The molecule has 0 spiro atoms. The molecule has 4 aromatic rings. The van der Waals surface area contributed by atoms with Crippen molar-refractivity contribution in [2.45, 2.75) is 19.3 Å². The lowest BCUT2D eigenvalue weighted by Gasteiger charge is -2.26. The summed E-state index contributed by atoms with van der Waals surface area (Å²) in [5, 5.41) is 18.6. The number of hydrogen-bond acceptors (Lipinski definition) is 5. The van der Waals surface area contributed by atoms with Crippen LogP contribution in [0.15, 0.2) is 109 Å². The van der Waals surface area contributed by atoms with E-state index in [2.05, 4.69) is 13.8 Å². The van der Waals surface area contributed by atoms with E-state index in [1.165, 1.54) is 6.66 Å². The van der Waals surface area contributed by atoms with Crippen LogP contribution in [0, 0.1) is 0 Å². The molecule has 0 saturated heterocycles. The van der Waals surface area contributed by atoms with E-state index in [1.54, 1.807) is 48.5 Å². The van der Waals surface area contributed by atoms with Gasteiger partial charge in [0.15, 0.2) is 0 Å². The van der Waals surface area contributed by atoms with Crippen LogP contribution in [0.5, 0.6) is 23.0 Å². The number of para-hydroxylation sites is 2. The Morgan fingerprint density at radius 3 is 1.24 bits per heavy atom. The molecule has 34 heavy (non-hydrogen) atoms. The summed E-state index contributed by atoms with van der Waals surface area (Å²) in [6.45, 7) is 5.69. The van der Waals surface area contributed by atoms with Crippen LogP contribution in [0.25, 0.3) is 0 Å². The normalized spacial score (nSPS) is 11.1. The van der Waals surface area contributed by atoms with Gasteiger partial charge >= 0.3 is 7.60 Å². The third-order valence-corrected chi connectivity index (χ3v) is 6.29. The quantitative estimate of drug-likeness (QED) is 0.284. The van der Waals surface area contributed by atoms with Gasteiger partial charge in [0.05, 0.1) is 6.66 Å². The Morgan fingerprint density at radius 2 is 0.912 bits per heavy atom. The molecule has 0 atom stereocenters. The average molecular weight is 477 g/mol. The molecular formula is C28H29O5P. The SMILES string of the molecule is CC(C)(c1ccc(O)cc1)c1ccc(O)cc1.CP(=O)(Oc1ccccc1)Oc1ccccc1. The Balaban J connectivity index is 0.000000191. The molecular weight excluding hydrogens is 447 g/mol. The molecule has 0 aliphatic heterocycles. The first-order valence-electron chi connectivity index (χ1n) is 10.8. The van der Waals surface area contributed by atoms with Crippen molar-refractivity contribution in [3.8, 4) is 23.0 Å². The minimum atomic E-state index is -3.14. The molecule has 0 aromatic heterocycles. The molecule has 0 amide bonds. The van der Waals surface area contributed by atoms with Crippen molar-refractivity contribution in [2.24, 2.45) is 0 Å². The maximum Gasteiger partial charge on any atom is 0.427 e. The lowest BCUT2D eigenvalue weighted by Crippen LogP contribution is -2.18. The lowest BCUT2D eigenvalue weighted by atomic mass is 9.78. The van der Waals surface area contributed by atoms with Gasteiger partial charge in [-0.25, -0.2) is 4.57 Å². The van der Waals surface area contributed by atoms with Gasteiger partial charge in [0.2, 0.25) is 0 Å². The summed E-state index contributed by atoms with van der Waals surface area (Å²) in [6.07, 6.45) is 0. The Labute approximate surface area is 200 Å². The molecule has 0 unspecified atom stereocenters. The van der Waals surface area contributed by atoms with Crippen molar-refractivity contribution in [3.63, 3.8) is 0 Å². The van der Waals surface area contributed by atoms with Gasteiger partial charge in [-0.2, -0.15) is 0 Å². The predicted octanol–water partition coefficient (Wildman–Crippen LogP) is 7.39. The third-order valence-electron chi connectivity index (χ3n) is 5.21. The molecule has 0 radical (unpaired) electrons. The van der Waals surface area contributed by atoms with Gasteiger partial charge in [-0.05, 0) is 59.7 Å². The Morgan fingerprint density at radius 1 is 0.588 bits per heavy atom. The van der Waals surface area contributed by atoms with Crippen molar-refractivity contribution >= 4 is 7.60 Å². The van der Waals surface area contributed by atoms with E-state index in [0.29, 0.717) is 11.5 Å². The highest BCUT2D eigenvalue weighted by Gasteiger charge is 2.23. The van der Waals surface area contributed by atoms with Crippen LogP contribution in [0.2, 0.25) is 0 Å².